The number of rotatable bonds is 2. The lowest BCUT2D eigenvalue weighted by atomic mass is 10.3. The second-order valence-corrected chi connectivity index (χ2v) is 4.50. The molecule has 0 saturated carbocycles. The molecule has 96 valence electrons. The van der Waals surface area contributed by atoms with Gasteiger partial charge in [-0.1, -0.05) is 29.8 Å². The number of benzene rings is 2. The lowest BCUT2D eigenvalue weighted by Crippen LogP contribution is -1.94. The molecule has 0 aliphatic rings. The Bertz CT molecular complexity index is 754. The van der Waals surface area contributed by atoms with Crippen LogP contribution >= 0.6 is 11.6 Å². The van der Waals surface area contributed by atoms with Crippen LogP contribution < -0.4 is 4.74 Å². The van der Waals surface area contributed by atoms with Crippen molar-refractivity contribution in [1.82, 2.24) is 9.55 Å². The van der Waals surface area contributed by atoms with E-state index in [2.05, 4.69) is 4.98 Å². The van der Waals surface area contributed by atoms with E-state index in [0.29, 0.717) is 22.3 Å². The fourth-order valence-corrected chi connectivity index (χ4v) is 2.05. The first-order valence-corrected chi connectivity index (χ1v) is 6.08. The Hall–Kier alpha value is -2.07. The van der Waals surface area contributed by atoms with Gasteiger partial charge in [0.15, 0.2) is 5.82 Å². The molecular formula is C14H10ClFN2O. The van der Waals surface area contributed by atoms with Crippen LogP contribution in [0.4, 0.5) is 4.39 Å². The Balaban J connectivity index is 2.09. The molecule has 5 heteroatoms. The number of imidazole rings is 1. The largest absolute Gasteiger partial charge is 0.424 e. The summed E-state index contributed by atoms with van der Waals surface area (Å²) in [6.07, 6.45) is 0. The van der Waals surface area contributed by atoms with Crippen molar-refractivity contribution in [1.29, 1.82) is 0 Å². The highest BCUT2D eigenvalue weighted by Crippen LogP contribution is 2.30. The standard InChI is InChI=1S/C14H10ClFN2O/c1-18-11-7-4-6-10(16)13(11)17-14(18)19-12-8-3-2-5-9(12)15/h2-8H,1H3. The second kappa shape index (κ2) is 4.55. The number of halogens is 2. The van der Waals surface area contributed by atoms with Crippen molar-refractivity contribution in [3.63, 3.8) is 0 Å². The minimum atomic E-state index is -0.373. The van der Waals surface area contributed by atoms with Crippen LogP contribution in [0.3, 0.4) is 0 Å². The van der Waals surface area contributed by atoms with Gasteiger partial charge in [0.1, 0.15) is 11.3 Å². The first kappa shape index (κ1) is 12.0. The van der Waals surface area contributed by atoms with E-state index in [1.165, 1.54) is 6.07 Å². The van der Waals surface area contributed by atoms with Crippen molar-refractivity contribution in [3.05, 3.63) is 53.3 Å². The molecule has 0 radical (unpaired) electrons. The summed E-state index contributed by atoms with van der Waals surface area (Å²) >= 11 is 6.02. The zero-order valence-corrected chi connectivity index (χ0v) is 10.9. The van der Waals surface area contributed by atoms with E-state index in [4.69, 9.17) is 16.3 Å². The molecule has 19 heavy (non-hydrogen) atoms. The van der Waals surface area contributed by atoms with Crippen molar-refractivity contribution in [2.24, 2.45) is 7.05 Å². The molecule has 0 atom stereocenters. The van der Waals surface area contributed by atoms with Crippen molar-refractivity contribution in [3.8, 4) is 11.8 Å². The summed E-state index contributed by atoms with van der Waals surface area (Å²) in [4.78, 5) is 4.16. The highest BCUT2D eigenvalue weighted by Gasteiger charge is 2.13. The van der Waals surface area contributed by atoms with Crippen molar-refractivity contribution in [2.45, 2.75) is 0 Å². The van der Waals surface area contributed by atoms with Gasteiger partial charge in [-0.05, 0) is 24.3 Å². The first-order chi connectivity index (χ1) is 9.16. The topological polar surface area (TPSA) is 27.1 Å². The maximum atomic E-state index is 13.6. The van der Waals surface area contributed by atoms with Crippen LogP contribution in [0.15, 0.2) is 42.5 Å². The number of aryl methyl sites for hydroxylation is 1. The third-order valence-electron chi connectivity index (χ3n) is 2.86. The smallest absolute Gasteiger partial charge is 0.302 e. The number of ether oxygens (including phenoxy) is 1. The number of fused-ring (bicyclic) bond motifs is 1. The van der Waals surface area contributed by atoms with E-state index < -0.39 is 0 Å². The highest BCUT2D eigenvalue weighted by atomic mass is 35.5. The summed E-state index contributed by atoms with van der Waals surface area (Å²) in [5.41, 5.74) is 0.953. The molecule has 0 aliphatic carbocycles. The van der Waals surface area contributed by atoms with Crippen LogP contribution in [0.25, 0.3) is 11.0 Å². The minimum Gasteiger partial charge on any atom is -0.424 e. The molecule has 2 aromatic carbocycles. The molecular weight excluding hydrogens is 267 g/mol. The molecule has 0 unspecified atom stereocenters. The predicted molar refractivity (Wildman–Crippen MR) is 72.2 cm³/mol. The number of nitrogens with zero attached hydrogens (tertiary/aromatic N) is 2. The van der Waals surface area contributed by atoms with Gasteiger partial charge in [0.05, 0.1) is 10.5 Å². The van der Waals surface area contributed by atoms with Crippen LogP contribution in [0.1, 0.15) is 0 Å². The van der Waals surface area contributed by atoms with Crippen LogP contribution in [-0.2, 0) is 7.05 Å². The van der Waals surface area contributed by atoms with Gasteiger partial charge >= 0.3 is 6.01 Å². The Kier molecular flexibility index (Phi) is 2.87. The van der Waals surface area contributed by atoms with Gasteiger partial charge in [-0.3, -0.25) is 4.57 Å². The average molecular weight is 277 g/mol. The molecule has 0 aliphatic heterocycles. The number of aromatic nitrogens is 2. The molecule has 0 saturated heterocycles. The summed E-state index contributed by atoms with van der Waals surface area (Å²) in [6, 6.07) is 12.2. The highest BCUT2D eigenvalue weighted by molar-refractivity contribution is 6.32. The van der Waals surface area contributed by atoms with Gasteiger partial charge in [-0.15, -0.1) is 0 Å². The number of hydrogen-bond donors (Lipinski definition) is 0. The summed E-state index contributed by atoms with van der Waals surface area (Å²) < 4.78 is 21.0. The predicted octanol–water partition coefficient (Wildman–Crippen LogP) is 4.16. The van der Waals surface area contributed by atoms with E-state index in [-0.39, 0.29) is 11.3 Å². The molecule has 3 rings (SSSR count). The van der Waals surface area contributed by atoms with Gasteiger partial charge in [-0.25, -0.2) is 4.39 Å². The van der Waals surface area contributed by atoms with Crippen molar-refractivity contribution in [2.75, 3.05) is 0 Å². The first-order valence-electron chi connectivity index (χ1n) is 5.70. The number of para-hydroxylation sites is 2. The molecule has 1 aromatic heterocycles. The summed E-state index contributed by atoms with van der Waals surface area (Å²) in [5, 5.41) is 0.482. The van der Waals surface area contributed by atoms with Crippen LogP contribution in [0.2, 0.25) is 5.02 Å². The fraction of sp³-hybridized carbons (Fsp3) is 0.0714. The maximum Gasteiger partial charge on any atom is 0.302 e. The lowest BCUT2D eigenvalue weighted by molar-refractivity contribution is 0.428. The molecule has 0 bridgehead atoms. The molecule has 0 fully saturated rings. The van der Waals surface area contributed by atoms with Gasteiger partial charge in [0, 0.05) is 7.05 Å². The quantitative estimate of drug-likeness (QED) is 0.703. The van der Waals surface area contributed by atoms with Gasteiger partial charge in [0.2, 0.25) is 0 Å². The van der Waals surface area contributed by atoms with E-state index in [1.54, 1.807) is 35.9 Å². The SMILES string of the molecule is Cn1c(Oc2ccccc2Cl)nc2c(F)cccc21. The Morgan fingerprint density at radius 3 is 2.68 bits per heavy atom. The van der Waals surface area contributed by atoms with E-state index in [1.807, 2.05) is 12.1 Å². The monoisotopic (exact) mass is 276 g/mol. The maximum absolute atomic E-state index is 13.6. The zero-order chi connectivity index (χ0) is 13.4. The fourth-order valence-electron chi connectivity index (χ4n) is 1.88. The molecule has 0 amide bonds. The molecule has 0 spiro atoms. The van der Waals surface area contributed by atoms with Crippen LogP contribution in [-0.4, -0.2) is 9.55 Å². The molecule has 0 N–H and O–H groups in total. The van der Waals surface area contributed by atoms with Crippen LogP contribution in [0.5, 0.6) is 11.8 Å². The third-order valence-corrected chi connectivity index (χ3v) is 3.17. The van der Waals surface area contributed by atoms with E-state index >= 15 is 0 Å². The van der Waals surface area contributed by atoms with Gasteiger partial charge in [0.25, 0.3) is 0 Å². The van der Waals surface area contributed by atoms with E-state index in [0.717, 1.165) is 0 Å². The normalized spacial score (nSPS) is 10.9. The Morgan fingerprint density at radius 2 is 1.95 bits per heavy atom. The third kappa shape index (κ3) is 2.04. The van der Waals surface area contributed by atoms with Crippen molar-refractivity contribution >= 4 is 22.6 Å². The van der Waals surface area contributed by atoms with Crippen LogP contribution in [0, 0.1) is 5.82 Å². The molecule has 1 heterocycles. The molecule has 3 nitrogen and oxygen atoms in total. The van der Waals surface area contributed by atoms with Gasteiger partial charge in [-0.2, -0.15) is 4.98 Å². The zero-order valence-electron chi connectivity index (χ0n) is 10.1. The number of hydrogen-bond acceptors (Lipinski definition) is 2. The summed E-state index contributed by atoms with van der Waals surface area (Å²) in [6.45, 7) is 0. The minimum absolute atomic E-state index is 0.284. The summed E-state index contributed by atoms with van der Waals surface area (Å²) in [7, 11) is 1.76. The Labute approximate surface area is 114 Å². The van der Waals surface area contributed by atoms with E-state index in [9.17, 15) is 4.39 Å². The summed E-state index contributed by atoms with van der Waals surface area (Å²) in [5.74, 6) is 0.116. The second-order valence-electron chi connectivity index (χ2n) is 4.09. The lowest BCUT2D eigenvalue weighted by Gasteiger charge is -2.06. The Morgan fingerprint density at radius 1 is 1.16 bits per heavy atom. The molecule has 3 aromatic rings. The van der Waals surface area contributed by atoms with Gasteiger partial charge < -0.3 is 4.74 Å². The average Bonchev–Trinajstić information content (AvgIpc) is 2.72. The van der Waals surface area contributed by atoms with Crippen molar-refractivity contribution < 1.29 is 9.13 Å².